The number of aromatic hydroxyl groups is 2. The third-order valence-corrected chi connectivity index (χ3v) is 2.84. The first-order valence-corrected chi connectivity index (χ1v) is 6.22. The molecule has 0 saturated carbocycles. The zero-order valence-corrected chi connectivity index (χ0v) is 11.1. The first-order valence-electron chi connectivity index (χ1n) is 6.22. The number of rotatable bonds is 5. The van der Waals surface area contributed by atoms with Crippen molar-refractivity contribution in [1.29, 1.82) is 0 Å². The van der Waals surface area contributed by atoms with Gasteiger partial charge >= 0.3 is 0 Å². The van der Waals surface area contributed by atoms with Crippen LogP contribution in [0.4, 0.5) is 0 Å². The summed E-state index contributed by atoms with van der Waals surface area (Å²) in [4.78, 5) is 10.5. The van der Waals surface area contributed by atoms with Crippen molar-refractivity contribution in [1.82, 2.24) is 5.32 Å². The molecule has 0 fully saturated rings. The highest BCUT2D eigenvalue weighted by atomic mass is 16.6. The van der Waals surface area contributed by atoms with Crippen molar-refractivity contribution < 1.29 is 15.1 Å². The van der Waals surface area contributed by atoms with E-state index in [0.717, 1.165) is 11.6 Å². The lowest BCUT2D eigenvalue weighted by Crippen LogP contribution is -2.09. The highest BCUT2D eigenvalue weighted by molar-refractivity contribution is 5.65. The van der Waals surface area contributed by atoms with Gasteiger partial charge in [0.15, 0.2) is 0 Å². The number of nitrogens with one attached hydrogen (secondary N) is 1. The Bertz CT molecular complexity index is 669. The van der Waals surface area contributed by atoms with Crippen LogP contribution in [0.1, 0.15) is 11.1 Å². The Morgan fingerprint density at radius 2 is 1.90 bits per heavy atom. The van der Waals surface area contributed by atoms with Gasteiger partial charge in [0.1, 0.15) is 11.5 Å². The van der Waals surface area contributed by atoms with Crippen LogP contribution < -0.4 is 5.32 Å². The van der Waals surface area contributed by atoms with Crippen LogP contribution in [0.5, 0.6) is 11.5 Å². The van der Waals surface area contributed by atoms with Crippen LogP contribution in [0.25, 0.3) is 5.70 Å². The fourth-order valence-electron chi connectivity index (χ4n) is 1.82. The number of nitrogens with zero attached hydrogens (tertiary/aromatic N) is 1. The van der Waals surface area contributed by atoms with Crippen LogP contribution in [-0.4, -0.2) is 15.1 Å². The molecule has 2 aromatic carbocycles. The smallest absolute Gasteiger partial charge is 0.295 e. The van der Waals surface area contributed by atoms with Crippen molar-refractivity contribution in [3.05, 3.63) is 76.0 Å². The van der Waals surface area contributed by atoms with Gasteiger partial charge in [-0.05, 0) is 23.8 Å². The molecule has 0 amide bonds. The molecular weight excluding hydrogens is 272 g/mol. The molecule has 6 nitrogen and oxygen atoms in total. The second-order valence-electron chi connectivity index (χ2n) is 4.35. The first-order chi connectivity index (χ1) is 10.1. The molecule has 21 heavy (non-hydrogen) atoms. The summed E-state index contributed by atoms with van der Waals surface area (Å²) in [7, 11) is 0. The number of hydrogen-bond acceptors (Lipinski definition) is 5. The van der Waals surface area contributed by atoms with Crippen molar-refractivity contribution in [3.8, 4) is 11.5 Å². The Hall–Kier alpha value is -3.02. The Kier molecular flexibility index (Phi) is 4.40. The lowest BCUT2D eigenvalue weighted by molar-refractivity contribution is -0.375. The molecule has 0 atom stereocenters. The minimum Gasteiger partial charge on any atom is -0.508 e. The van der Waals surface area contributed by atoms with Crippen LogP contribution in [-0.2, 0) is 6.54 Å². The molecule has 6 heteroatoms. The van der Waals surface area contributed by atoms with Gasteiger partial charge in [-0.25, -0.2) is 0 Å². The zero-order valence-electron chi connectivity index (χ0n) is 11.1. The van der Waals surface area contributed by atoms with E-state index in [0.29, 0.717) is 6.54 Å². The molecule has 0 aliphatic rings. The molecule has 0 saturated heterocycles. The van der Waals surface area contributed by atoms with Crippen LogP contribution in [0, 0.1) is 10.1 Å². The fraction of sp³-hybridized carbons (Fsp3) is 0.0667. The Morgan fingerprint density at radius 3 is 2.57 bits per heavy atom. The minimum absolute atomic E-state index is 0.0411. The molecule has 0 unspecified atom stereocenters. The maximum atomic E-state index is 11.1. The summed E-state index contributed by atoms with van der Waals surface area (Å²) in [5.74, 6) is -0.420. The first kappa shape index (κ1) is 14.4. The Labute approximate surface area is 121 Å². The molecule has 0 heterocycles. The average Bonchev–Trinajstić information content (AvgIpc) is 2.47. The van der Waals surface area contributed by atoms with E-state index in [1.807, 2.05) is 30.3 Å². The van der Waals surface area contributed by atoms with Crippen molar-refractivity contribution in [2.24, 2.45) is 0 Å². The van der Waals surface area contributed by atoms with E-state index in [4.69, 9.17) is 0 Å². The van der Waals surface area contributed by atoms with E-state index in [2.05, 4.69) is 5.32 Å². The van der Waals surface area contributed by atoms with Crippen molar-refractivity contribution in [2.75, 3.05) is 0 Å². The predicted octanol–water partition coefficient (Wildman–Crippen LogP) is 2.46. The quantitative estimate of drug-likeness (QED) is 0.446. The molecule has 0 aliphatic heterocycles. The van der Waals surface area contributed by atoms with Crippen LogP contribution >= 0.6 is 0 Å². The lowest BCUT2D eigenvalue weighted by atomic mass is 10.1. The predicted molar refractivity (Wildman–Crippen MR) is 78.0 cm³/mol. The highest BCUT2D eigenvalue weighted by Gasteiger charge is 2.19. The summed E-state index contributed by atoms with van der Waals surface area (Å²) in [5, 5.41) is 33.0. The SMILES string of the molecule is O=[N+]([O-])C(=CNCc1ccccc1)c1cc(O)ccc1O. The third-order valence-electron chi connectivity index (χ3n) is 2.84. The van der Waals surface area contributed by atoms with Gasteiger partial charge in [0.2, 0.25) is 0 Å². The van der Waals surface area contributed by atoms with Gasteiger partial charge in [-0.15, -0.1) is 0 Å². The highest BCUT2D eigenvalue weighted by Crippen LogP contribution is 2.28. The molecule has 0 bridgehead atoms. The minimum atomic E-state index is -0.619. The van der Waals surface area contributed by atoms with Gasteiger partial charge in [-0.1, -0.05) is 30.3 Å². The molecule has 2 rings (SSSR count). The van der Waals surface area contributed by atoms with Crippen LogP contribution in [0.2, 0.25) is 0 Å². The van der Waals surface area contributed by atoms with Gasteiger partial charge < -0.3 is 15.5 Å². The molecule has 0 aromatic heterocycles. The molecule has 0 radical (unpaired) electrons. The van der Waals surface area contributed by atoms with Crippen molar-refractivity contribution in [2.45, 2.75) is 6.54 Å². The van der Waals surface area contributed by atoms with Crippen LogP contribution in [0.15, 0.2) is 54.7 Å². The largest absolute Gasteiger partial charge is 0.508 e. The maximum absolute atomic E-state index is 11.1. The molecule has 0 aliphatic carbocycles. The Morgan fingerprint density at radius 1 is 1.19 bits per heavy atom. The lowest BCUT2D eigenvalue weighted by Gasteiger charge is -2.05. The summed E-state index contributed by atoms with van der Waals surface area (Å²) in [6, 6.07) is 13.0. The maximum Gasteiger partial charge on any atom is 0.295 e. The van der Waals surface area contributed by atoms with Gasteiger partial charge in [-0.3, -0.25) is 10.1 Å². The standard InChI is InChI=1S/C15H14N2O4/c18-12-6-7-15(19)13(8-12)14(17(20)21)10-16-9-11-4-2-1-3-5-11/h1-8,10,16,18-19H,9H2. The normalized spacial score (nSPS) is 11.1. The van der Waals surface area contributed by atoms with E-state index in [1.54, 1.807) is 0 Å². The monoisotopic (exact) mass is 286 g/mol. The summed E-state index contributed by atoms with van der Waals surface area (Å²) in [6.07, 6.45) is 1.21. The van der Waals surface area contributed by atoms with Crippen molar-refractivity contribution >= 4 is 5.70 Å². The molecular formula is C15H14N2O4. The molecule has 0 spiro atoms. The number of benzene rings is 2. The second-order valence-corrected chi connectivity index (χ2v) is 4.35. The number of phenolic OH excluding ortho intramolecular Hbond substituents is 2. The van der Waals surface area contributed by atoms with Gasteiger partial charge in [0.05, 0.1) is 16.7 Å². The third kappa shape index (κ3) is 3.73. The Balaban J connectivity index is 2.21. The average molecular weight is 286 g/mol. The van der Waals surface area contributed by atoms with Gasteiger partial charge in [-0.2, -0.15) is 0 Å². The molecule has 108 valence electrons. The van der Waals surface area contributed by atoms with E-state index in [9.17, 15) is 20.3 Å². The number of nitro groups is 1. The van der Waals surface area contributed by atoms with E-state index in [1.165, 1.54) is 18.3 Å². The van der Waals surface area contributed by atoms with Crippen molar-refractivity contribution in [3.63, 3.8) is 0 Å². The summed E-state index contributed by atoms with van der Waals surface area (Å²) < 4.78 is 0. The van der Waals surface area contributed by atoms with E-state index < -0.39 is 4.92 Å². The number of hydrogen-bond donors (Lipinski definition) is 3. The van der Waals surface area contributed by atoms with E-state index in [-0.39, 0.29) is 22.8 Å². The summed E-state index contributed by atoms with van der Waals surface area (Å²) in [5.41, 5.74) is 0.608. The summed E-state index contributed by atoms with van der Waals surface area (Å²) >= 11 is 0. The van der Waals surface area contributed by atoms with E-state index >= 15 is 0 Å². The topological polar surface area (TPSA) is 95.6 Å². The van der Waals surface area contributed by atoms with Gasteiger partial charge in [0, 0.05) is 6.54 Å². The molecule has 2 aromatic rings. The zero-order chi connectivity index (χ0) is 15.2. The van der Waals surface area contributed by atoms with Gasteiger partial charge in [0.25, 0.3) is 5.70 Å². The molecule has 3 N–H and O–H groups in total. The number of phenols is 2. The second kappa shape index (κ2) is 6.42. The van der Waals surface area contributed by atoms with Crippen LogP contribution in [0.3, 0.4) is 0 Å². The fourth-order valence-corrected chi connectivity index (χ4v) is 1.82. The summed E-state index contributed by atoms with van der Waals surface area (Å²) in [6.45, 7) is 0.414.